The molecule has 2 aromatic carbocycles. The van der Waals surface area contributed by atoms with Gasteiger partial charge >= 0.3 is 0 Å². The van der Waals surface area contributed by atoms with Crippen molar-refractivity contribution in [2.45, 2.75) is 4.90 Å². The van der Waals surface area contributed by atoms with E-state index in [9.17, 15) is 17.6 Å². The molecule has 2 rings (SSSR count). The smallest absolute Gasteiger partial charge is 0.252 e. The van der Waals surface area contributed by atoms with E-state index in [1.807, 2.05) is 0 Å². The first-order chi connectivity index (χ1) is 12.2. The second-order valence-corrected chi connectivity index (χ2v) is 8.05. The summed E-state index contributed by atoms with van der Waals surface area (Å²) in [5, 5.41) is 2.71. The first-order valence-corrected chi connectivity index (χ1v) is 9.42. The summed E-state index contributed by atoms with van der Waals surface area (Å²) in [6, 6.07) is 9.55. The van der Waals surface area contributed by atoms with Crippen molar-refractivity contribution in [1.82, 2.24) is 9.62 Å². The second-order valence-electron chi connectivity index (χ2n) is 5.49. The third-order valence-electron chi connectivity index (χ3n) is 3.41. The number of nitrogens with one attached hydrogen (secondary N) is 1. The maximum Gasteiger partial charge on any atom is 0.252 e. The van der Waals surface area contributed by atoms with Gasteiger partial charge in [-0.05, 0) is 30.3 Å². The highest BCUT2D eigenvalue weighted by Gasteiger charge is 2.20. The van der Waals surface area contributed by atoms with Crippen LogP contribution in [0.5, 0.6) is 5.75 Å². The summed E-state index contributed by atoms with van der Waals surface area (Å²) in [6.45, 7) is 0.249. The Bertz CT molecular complexity index is 903. The number of hydrogen-bond donors (Lipinski definition) is 1. The molecule has 1 amide bonds. The van der Waals surface area contributed by atoms with Crippen LogP contribution in [0.2, 0.25) is 5.02 Å². The van der Waals surface area contributed by atoms with Crippen LogP contribution in [0.1, 0.15) is 10.4 Å². The van der Waals surface area contributed by atoms with Crippen LogP contribution in [0.4, 0.5) is 4.39 Å². The highest BCUT2D eigenvalue weighted by Crippen LogP contribution is 2.22. The topological polar surface area (TPSA) is 75.7 Å². The van der Waals surface area contributed by atoms with Gasteiger partial charge in [0.05, 0.1) is 22.0 Å². The van der Waals surface area contributed by atoms with E-state index >= 15 is 0 Å². The van der Waals surface area contributed by atoms with E-state index in [4.69, 9.17) is 16.3 Å². The molecule has 6 nitrogen and oxygen atoms in total. The second kappa shape index (κ2) is 8.48. The Labute approximate surface area is 156 Å². The van der Waals surface area contributed by atoms with Gasteiger partial charge in [-0.25, -0.2) is 17.1 Å². The summed E-state index contributed by atoms with van der Waals surface area (Å²) in [6.07, 6.45) is 0. The fraction of sp³-hybridized carbons (Fsp3) is 0.235. The Morgan fingerprint density at radius 2 is 1.96 bits per heavy atom. The van der Waals surface area contributed by atoms with Crippen LogP contribution in [0.25, 0.3) is 0 Å². The molecule has 0 unspecified atom stereocenters. The monoisotopic (exact) mass is 400 g/mol. The van der Waals surface area contributed by atoms with Crippen molar-refractivity contribution in [2.75, 3.05) is 27.2 Å². The number of carbonyl (C=O) groups is 1. The van der Waals surface area contributed by atoms with Crippen LogP contribution >= 0.6 is 11.6 Å². The van der Waals surface area contributed by atoms with Crippen molar-refractivity contribution in [3.63, 3.8) is 0 Å². The standard InChI is InChI=1S/C17H18ClFN2O4S/c1-21(2)26(23,24)14-6-7-16(18)15(11-14)17(22)20-8-9-25-13-5-3-4-12(19)10-13/h3-7,10-11H,8-9H2,1-2H3,(H,20,22). The Hall–Kier alpha value is -2.16. The van der Waals surface area contributed by atoms with E-state index < -0.39 is 21.7 Å². The van der Waals surface area contributed by atoms with Crippen molar-refractivity contribution in [2.24, 2.45) is 0 Å². The predicted molar refractivity (Wildman–Crippen MR) is 96.6 cm³/mol. The van der Waals surface area contributed by atoms with Gasteiger partial charge in [0.25, 0.3) is 5.91 Å². The lowest BCUT2D eigenvalue weighted by Crippen LogP contribution is -2.29. The van der Waals surface area contributed by atoms with E-state index in [0.717, 1.165) is 4.31 Å². The van der Waals surface area contributed by atoms with E-state index in [1.54, 1.807) is 6.07 Å². The molecule has 2 aromatic rings. The first kappa shape index (κ1) is 20.2. The summed E-state index contributed by atoms with van der Waals surface area (Å²) >= 11 is 6.00. The number of amides is 1. The summed E-state index contributed by atoms with van der Waals surface area (Å²) < 4.78 is 43.7. The molecular weight excluding hydrogens is 383 g/mol. The van der Waals surface area contributed by atoms with Gasteiger partial charge < -0.3 is 10.1 Å². The van der Waals surface area contributed by atoms with Crippen LogP contribution in [-0.4, -0.2) is 45.9 Å². The van der Waals surface area contributed by atoms with Gasteiger partial charge in [0, 0.05) is 20.2 Å². The SMILES string of the molecule is CN(C)S(=O)(=O)c1ccc(Cl)c(C(=O)NCCOc2cccc(F)c2)c1. The fourth-order valence-corrected chi connectivity index (χ4v) is 3.17. The summed E-state index contributed by atoms with van der Waals surface area (Å²) in [4.78, 5) is 12.2. The molecule has 26 heavy (non-hydrogen) atoms. The van der Waals surface area contributed by atoms with E-state index in [-0.39, 0.29) is 28.6 Å². The van der Waals surface area contributed by atoms with Gasteiger partial charge in [0.2, 0.25) is 10.0 Å². The van der Waals surface area contributed by atoms with Gasteiger partial charge in [0.15, 0.2) is 0 Å². The molecule has 0 aliphatic heterocycles. The zero-order valence-corrected chi connectivity index (χ0v) is 15.8. The lowest BCUT2D eigenvalue weighted by Gasteiger charge is -2.13. The van der Waals surface area contributed by atoms with E-state index in [1.165, 1.54) is 50.5 Å². The third-order valence-corrected chi connectivity index (χ3v) is 5.55. The molecule has 0 spiro atoms. The highest BCUT2D eigenvalue weighted by atomic mass is 35.5. The maximum atomic E-state index is 13.0. The van der Waals surface area contributed by atoms with Crippen molar-refractivity contribution < 1.29 is 22.3 Å². The number of benzene rings is 2. The predicted octanol–water partition coefficient (Wildman–Crippen LogP) is 2.54. The maximum absolute atomic E-state index is 13.0. The molecule has 9 heteroatoms. The number of hydrogen-bond acceptors (Lipinski definition) is 4. The summed E-state index contributed by atoms with van der Waals surface area (Å²) in [5.74, 6) is -0.609. The third kappa shape index (κ3) is 4.94. The van der Waals surface area contributed by atoms with Crippen LogP contribution < -0.4 is 10.1 Å². The normalized spacial score (nSPS) is 11.4. The minimum Gasteiger partial charge on any atom is -0.492 e. The highest BCUT2D eigenvalue weighted by molar-refractivity contribution is 7.89. The Balaban J connectivity index is 2.01. The van der Waals surface area contributed by atoms with Crippen LogP contribution in [0.3, 0.4) is 0 Å². The number of sulfonamides is 1. The van der Waals surface area contributed by atoms with E-state index in [0.29, 0.717) is 5.75 Å². The molecule has 0 aliphatic rings. The summed E-state index contributed by atoms with van der Waals surface area (Å²) in [5.41, 5.74) is 0.0420. The first-order valence-electron chi connectivity index (χ1n) is 7.60. The average molecular weight is 401 g/mol. The van der Waals surface area contributed by atoms with Gasteiger partial charge in [-0.2, -0.15) is 0 Å². The molecule has 140 valence electrons. The molecular formula is C17H18ClFN2O4S. The molecule has 0 aliphatic carbocycles. The Morgan fingerprint density at radius 1 is 1.23 bits per heavy atom. The quantitative estimate of drug-likeness (QED) is 0.725. The minimum absolute atomic E-state index is 0.0342. The number of carbonyl (C=O) groups excluding carboxylic acids is 1. The molecule has 0 aromatic heterocycles. The zero-order valence-electron chi connectivity index (χ0n) is 14.2. The molecule has 0 saturated carbocycles. The van der Waals surface area contributed by atoms with Gasteiger partial charge in [0.1, 0.15) is 18.2 Å². The molecule has 0 bridgehead atoms. The van der Waals surface area contributed by atoms with Gasteiger partial charge in [-0.1, -0.05) is 17.7 Å². The summed E-state index contributed by atoms with van der Waals surface area (Å²) in [7, 11) is -0.888. The van der Waals surface area contributed by atoms with Crippen molar-refractivity contribution >= 4 is 27.5 Å². The molecule has 0 atom stereocenters. The number of nitrogens with zero attached hydrogens (tertiary/aromatic N) is 1. The van der Waals surface area contributed by atoms with Crippen LogP contribution in [-0.2, 0) is 10.0 Å². The molecule has 0 saturated heterocycles. The van der Waals surface area contributed by atoms with Crippen molar-refractivity contribution in [3.8, 4) is 5.75 Å². The largest absolute Gasteiger partial charge is 0.492 e. The molecule has 0 radical (unpaired) electrons. The van der Waals surface area contributed by atoms with Crippen molar-refractivity contribution in [3.05, 3.63) is 58.9 Å². The van der Waals surface area contributed by atoms with Gasteiger partial charge in [-0.3, -0.25) is 4.79 Å². The van der Waals surface area contributed by atoms with Crippen LogP contribution in [0.15, 0.2) is 47.4 Å². The van der Waals surface area contributed by atoms with Gasteiger partial charge in [-0.15, -0.1) is 0 Å². The number of ether oxygens (including phenoxy) is 1. The number of halogens is 2. The molecule has 0 fully saturated rings. The Kier molecular flexibility index (Phi) is 6.57. The average Bonchev–Trinajstić information content (AvgIpc) is 2.58. The fourth-order valence-electron chi connectivity index (χ4n) is 2.04. The lowest BCUT2D eigenvalue weighted by atomic mass is 10.2. The van der Waals surface area contributed by atoms with E-state index in [2.05, 4.69) is 5.32 Å². The molecule has 1 N–H and O–H groups in total. The number of rotatable bonds is 7. The van der Waals surface area contributed by atoms with Crippen molar-refractivity contribution in [1.29, 1.82) is 0 Å². The lowest BCUT2D eigenvalue weighted by molar-refractivity contribution is 0.0947. The van der Waals surface area contributed by atoms with Crippen LogP contribution in [0, 0.1) is 5.82 Å². The molecule has 0 heterocycles. The minimum atomic E-state index is -3.68. The Morgan fingerprint density at radius 3 is 2.62 bits per heavy atom. The zero-order chi connectivity index (χ0) is 19.3.